The van der Waals surface area contributed by atoms with Crippen LogP contribution in [-0.2, 0) is 13.1 Å². The summed E-state index contributed by atoms with van der Waals surface area (Å²) in [6.07, 6.45) is 1.63. The first kappa shape index (κ1) is 23.7. The number of aliphatic imine (C=N–C) groups is 1. The molecule has 0 aliphatic carbocycles. The summed E-state index contributed by atoms with van der Waals surface area (Å²) >= 11 is 0. The molecular formula is C22H26FIN4O2. The molecule has 0 saturated carbocycles. The highest BCUT2D eigenvalue weighted by Crippen LogP contribution is 2.19. The van der Waals surface area contributed by atoms with Gasteiger partial charge in [-0.15, -0.1) is 24.0 Å². The van der Waals surface area contributed by atoms with E-state index in [1.807, 2.05) is 38.1 Å². The van der Waals surface area contributed by atoms with Gasteiger partial charge in [0.05, 0.1) is 25.9 Å². The Morgan fingerprint density at radius 2 is 1.93 bits per heavy atom. The van der Waals surface area contributed by atoms with Gasteiger partial charge in [0, 0.05) is 12.1 Å². The number of methoxy groups -OCH3 is 1. The average Bonchev–Trinajstić information content (AvgIpc) is 3.20. The van der Waals surface area contributed by atoms with E-state index in [1.54, 1.807) is 18.4 Å². The van der Waals surface area contributed by atoms with Crippen LogP contribution in [0.15, 0.2) is 58.1 Å². The second-order valence-corrected chi connectivity index (χ2v) is 6.53. The quantitative estimate of drug-likeness (QED) is 0.267. The van der Waals surface area contributed by atoms with Gasteiger partial charge in [0.25, 0.3) is 0 Å². The van der Waals surface area contributed by atoms with E-state index < -0.39 is 5.82 Å². The summed E-state index contributed by atoms with van der Waals surface area (Å²) in [6.45, 7) is 5.52. The molecule has 0 aliphatic heterocycles. The predicted molar refractivity (Wildman–Crippen MR) is 127 cm³/mol. The molecule has 0 atom stereocenters. The summed E-state index contributed by atoms with van der Waals surface area (Å²) in [6, 6.07) is 12.8. The number of aryl methyl sites for hydroxylation is 1. The van der Waals surface area contributed by atoms with E-state index in [1.165, 1.54) is 18.7 Å². The Kier molecular flexibility index (Phi) is 9.10. The fourth-order valence-electron chi connectivity index (χ4n) is 2.71. The molecule has 0 bridgehead atoms. The van der Waals surface area contributed by atoms with Crippen LogP contribution < -0.4 is 15.4 Å². The molecule has 3 rings (SSSR count). The van der Waals surface area contributed by atoms with Gasteiger partial charge < -0.3 is 19.8 Å². The maximum atomic E-state index is 13.8. The minimum absolute atomic E-state index is 0. The van der Waals surface area contributed by atoms with Crippen LogP contribution in [0.25, 0.3) is 11.5 Å². The van der Waals surface area contributed by atoms with Crippen molar-refractivity contribution in [3.8, 4) is 17.2 Å². The fourth-order valence-corrected chi connectivity index (χ4v) is 2.71. The Balaban J connectivity index is 0.00000320. The summed E-state index contributed by atoms with van der Waals surface area (Å²) in [4.78, 5) is 9.01. The summed E-state index contributed by atoms with van der Waals surface area (Å²) in [7, 11) is 1.44. The lowest BCUT2D eigenvalue weighted by Gasteiger charge is -2.10. The van der Waals surface area contributed by atoms with Gasteiger partial charge in [-0.1, -0.05) is 23.8 Å². The highest BCUT2D eigenvalue weighted by Gasteiger charge is 2.08. The Labute approximate surface area is 193 Å². The summed E-state index contributed by atoms with van der Waals surface area (Å²) in [5, 5.41) is 6.38. The van der Waals surface area contributed by atoms with Crippen molar-refractivity contribution in [2.75, 3.05) is 13.7 Å². The van der Waals surface area contributed by atoms with Gasteiger partial charge in [0.2, 0.25) is 5.89 Å². The van der Waals surface area contributed by atoms with Crippen LogP contribution in [0.5, 0.6) is 5.75 Å². The van der Waals surface area contributed by atoms with Gasteiger partial charge in [0.15, 0.2) is 17.5 Å². The third kappa shape index (κ3) is 6.45. The maximum Gasteiger partial charge on any atom is 0.226 e. The molecule has 2 aromatic carbocycles. The lowest BCUT2D eigenvalue weighted by atomic mass is 10.1. The first-order valence-corrected chi connectivity index (χ1v) is 9.45. The average molecular weight is 524 g/mol. The second-order valence-electron chi connectivity index (χ2n) is 6.53. The Hall–Kier alpha value is -2.62. The fraction of sp³-hybridized carbons (Fsp3) is 0.273. The molecule has 30 heavy (non-hydrogen) atoms. The van der Waals surface area contributed by atoms with Crippen LogP contribution in [0.3, 0.4) is 0 Å². The predicted octanol–water partition coefficient (Wildman–Crippen LogP) is 4.67. The number of benzene rings is 2. The van der Waals surface area contributed by atoms with Gasteiger partial charge in [-0.2, -0.15) is 0 Å². The van der Waals surface area contributed by atoms with Crippen LogP contribution in [0.1, 0.15) is 23.7 Å². The number of nitrogens with zero attached hydrogens (tertiary/aromatic N) is 2. The van der Waals surface area contributed by atoms with Crippen molar-refractivity contribution in [2.45, 2.75) is 26.9 Å². The third-order valence-corrected chi connectivity index (χ3v) is 4.27. The van der Waals surface area contributed by atoms with Crippen molar-refractivity contribution in [3.63, 3.8) is 0 Å². The molecule has 8 heteroatoms. The molecule has 6 nitrogen and oxygen atoms in total. The molecule has 160 valence electrons. The number of aromatic nitrogens is 1. The van der Waals surface area contributed by atoms with Crippen LogP contribution >= 0.6 is 24.0 Å². The molecule has 0 amide bonds. The van der Waals surface area contributed by atoms with Crippen molar-refractivity contribution in [2.24, 2.45) is 4.99 Å². The molecule has 0 aliphatic rings. The zero-order valence-electron chi connectivity index (χ0n) is 17.2. The monoisotopic (exact) mass is 524 g/mol. The Bertz CT molecular complexity index is 974. The SMILES string of the molecule is CCNC(=NCc1ccc(OC)c(F)c1)NCc1coc(-c2ccc(C)cc2)n1.I. The zero-order chi connectivity index (χ0) is 20.6. The van der Waals surface area contributed by atoms with E-state index in [9.17, 15) is 4.39 Å². The van der Waals surface area contributed by atoms with Crippen LogP contribution in [-0.4, -0.2) is 24.6 Å². The number of ether oxygens (including phenoxy) is 1. The molecule has 0 unspecified atom stereocenters. The highest BCUT2D eigenvalue weighted by molar-refractivity contribution is 14.0. The van der Waals surface area contributed by atoms with Crippen LogP contribution in [0, 0.1) is 12.7 Å². The van der Waals surface area contributed by atoms with E-state index in [0.717, 1.165) is 16.8 Å². The number of rotatable bonds is 7. The minimum Gasteiger partial charge on any atom is -0.494 e. The largest absolute Gasteiger partial charge is 0.494 e. The molecule has 0 saturated heterocycles. The van der Waals surface area contributed by atoms with E-state index in [0.29, 0.717) is 31.5 Å². The highest BCUT2D eigenvalue weighted by atomic mass is 127. The zero-order valence-corrected chi connectivity index (χ0v) is 19.6. The van der Waals surface area contributed by atoms with Crippen molar-refractivity contribution < 1.29 is 13.5 Å². The topological polar surface area (TPSA) is 71.7 Å². The van der Waals surface area contributed by atoms with Gasteiger partial charge in [0.1, 0.15) is 6.26 Å². The smallest absolute Gasteiger partial charge is 0.226 e. The summed E-state index contributed by atoms with van der Waals surface area (Å²) < 4.78 is 24.4. The lowest BCUT2D eigenvalue weighted by molar-refractivity contribution is 0.386. The first-order chi connectivity index (χ1) is 14.1. The van der Waals surface area contributed by atoms with E-state index in [2.05, 4.69) is 20.6 Å². The van der Waals surface area contributed by atoms with Crippen LogP contribution in [0.2, 0.25) is 0 Å². The van der Waals surface area contributed by atoms with E-state index in [4.69, 9.17) is 9.15 Å². The maximum absolute atomic E-state index is 13.8. The van der Waals surface area contributed by atoms with E-state index >= 15 is 0 Å². The van der Waals surface area contributed by atoms with E-state index in [-0.39, 0.29) is 29.7 Å². The third-order valence-electron chi connectivity index (χ3n) is 4.27. The number of halogens is 2. The van der Waals surface area contributed by atoms with Crippen molar-refractivity contribution in [1.82, 2.24) is 15.6 Å². The number of oxazole rings is 1. The van der Waals surface area contributed by atoms with Gasteiger partial charge in [-0.25, -0.2) is 14.4 Å². The summed E-state index contributed by atoms with van der Waals surface area (Å²) in [5.74, 6) is 1.02. The molecule has 0 spiro atoms. The Morgan fingerprint density at radius 3 is 2.60 bits per heavy atom. The molecule has 3 aromatic rings. The molecule has 2 N–H and O–H groups in total. The van der Waals surface area contributed by atoms with Gasteiger partial charge in [-0.05, 0) is 43.7 Å². The molecule has 1 heterocycles. The molecule has 1 aromatic heterocycles. The standard InChI is InChI=1S/C22H25FN4O2.HI/c1-4-24-22(25-12-16-7-10-20(28-3)19(23)11-16)26-13-18-14-29-21(27-18)17-8-5-15(2)6-9-17;/h5-11,14H,4,12-13H2,1-3H3,(H2,24,25,26);1H. The summed E-state index contributed by atoms with van der Waals surface area (Å²) in [5.41, 5.74) is 3.64. The number of hydrogen-bond acceptors (Lipinski definition) is 4. The first-order valence-electron chi connectivity index (χ1n) is 9.45. The second kappa shape index (κ2) is 11.5. The van der Waals surface area contributed by atoms with Gasteiger partial charge >= 0.3 is 0 Å². The van der Waals surface area contributed by atoms with Crippen molar-refractivity contribution in [1.29, 1.82) is 0 Å². The minimum atomic E-state index is -0.399. The number of nitrogens with one attached hydrogen (secondary N) is 2. The molecular weight excluding hydrogens is 498 g/mol. The van der Waals surface area contributed by atoms with Crippen molar-refractivity contribution >= 4 is 29.9 Å². The van der Waals surface area contributed by atoms with Crippen LogP contribution in [0.4, 0.5) is 4.39 Å². The van der Waals surface area contributed by atoms with Crippen molar-refractivity contribution in [3.05, 3.63) is 71.4 Å². The Morgan fingerprint density at radius 1 is 1.17 bits per heavy atom. The lowest BCUT2D eigenvalue weighted by Crippen LogP contribution is -2.36. The number of guanidine groups is 1. The molecule has 0 fully saturated rings. The van der Waals surface area contributed by atoms with Gasteiger partial charge in [-0.3, -0.25) is 0 Å². The number of hydrogen-bond donors (Lipinski definition) is 2. The normalized spacial score (nSPS) is 11.0. The molecule has 0 radical (unpaired) electrons.